The topological polar surface area (TPSA) is 64.9 Å². The van der Waals surface area contributed by atoms with Gasteiger partial charge >= 0.3 is 0 Å². The molecular weight excluding hydrogens is 286 g/mol. The molecule has 0 aliphatic heterocycles. The van der Waals surface area contributed by atoms with E-state index in [1.54, 1.807) is 6.92 Å². The van der Waals surface area contributed by atoms with E-state index in [2.05, 4.69) is 22.8 Å². The third-order valence-corrected chi connectivity index (χ3v) is 4.93. The molecule has 1 aliphatic rings. The molecule has 4 nitrogen and oxygen atoms in total. The number of nitrogens with one attached hydrogen (secondary N) is 2. The molecule has 0 bridgehead atoms. The van der Waals surface area contributed by atoms with Gasteiger partial charge in [-0.25, -0.2) is 0 Å². The highest BCUT2D eigenvalue weighted by molar-refractivity contribution is 5.85. The van der Waals surface area contributed by atoms with Crippen LogP contribution in [0.4, 0.5) is 5.69 Å². The van der Waals surface area contributed by atoms with E-state index in [-0.39, 0.29) is 17.9 Å². The summed E-state index contributed by atoms with van der Waals surface area (Å²) in [4.78, 5) is 12.5. The molecule has 0 fully saturated rings. The maximum Gasteiger partial charge on any atom is 0.243 e. The fraction of sp³-hybridized carbons (Fsp3) is 0.579. The van der Waals surface area contributed by atoms with Gasteiger partial charge in [0.25, 0.3) is 0 Å². The van der Waals surface area contributed by atoms with Crippen LogP contribution in [0, 0.1) is 17.2 Å². The zero-order valence-electron chi connectivity index (χ0n) is 14.6. The van der Waals surface area contributed by atoms with Crippen molar-refractivity contribution in [3.63, 3.8) is 0 Å². The number of benzene rings is 1. The molecule has 0 spiro atoms. The lowest BCUT2D eigenvalue weighted by molar-refractivity contribution is -0.123. The van der Waals surface area contributed by atoms with Crippen LogP contribution in [0.25, 0.3) is 0 Å². The molecule has 0 saturated carbocycles. The Morgan fingerprint density at radius 1 is 1.26 bits per heavy atom. The van der Waals surface area contributed by atoms with Crippen molar-refractivity contribution in [2.24, 2.45) is 5.92 Å². The summed E-state index contributed by atoms with van der Waals surface area (Å²) in [5, 5.41) is 15.6. The number of rotatable bonds is 5. The van der Waals surface area contributed by atoms with Gasteiger partial charge in [-0.15, -0.1) is 0 Å². The monoisotopic (exact) mass is 313 g/mol. The zero-order chi connectivity index (χ0) is 17.0. The van der Waals surface area contributed by atoms with Crippen molar-refractivity contribution in [3.05, 3.63) is 29.3 Å². The van der Waals surface area contributed by atoms with Gasteiger partial charge in [0.1, 0.15) is 11.6 Å². The maximum absolute atomic E-state index is 12.5. The summed E-state index contributed by atoms with van der Waals surface area (Å²) in [6.07, 6.45) is 4.62. The van der Waals surface area contributed by atoms with Crippen molar-refractivity contribution < 1.29 is 4.79 Å². The van der Waals surface area contributed by atoms with E-state index in [0.717, 1.165) is 18.5 Å². The van der Waals surface area contributed by atoms with Crippen LogP contribution in [0.3, 0.4) is 0 Å². The predicted octanol–water partition coefficient (Wildman–Crippen LogP) is 3.42. The van der Waals surface area contributed by atoms with E-state index in [0.29, 0.717) is 0 Å². The summed E-state index contributed by atoms with van der Waals surface area (Å²) in [6, 6.07) is 8.10. The van der Waals surface area contributed by atoms with E-state index in [1.807, 2.05) is 32.9 Å². The first-order valence-corrected chi connectivity index (χ1v) is 8.48. The maximum atomic E-state index is 12.5. The second-order valence-electron chi connectivity index (χ2n) is 6.97. The van der Waals surface area contributed by atoms with Crippen molar-refractivity contribution in [1.29, 1.82) is 5.26 Å². The van der Waals surface area contributed by atoms with Gasteiger partial charge in [-0.05, 0) is 62.6 Å². The first kappa shape index (κ1) is 17.3. The van der Waals surface area contributed by atoms with E-state index in [1.165, 1.54) is 24.0 Å². The smallest absolute Gasteiger partial charge is 0.243 e. The number of nitrogens with zero attached hydrogens (tertiary/aromatic N) is 1. The van der Waals surface area contributed by atoms with Gasteiger partial charge in [0, 0.05) is 5.69 Å². The summed E-state index contributed by atoms with van der Waals surface area (Å²) in [6.45, 7) is 7.49. The van der Waals surface area contributed by atoms with Crippen LogP contribution in [0.2, 0.25) is 0 Å². The lowest BCUT2D eigenvalue weighted by Crippen LogP contribution is -2.53. The van der Waals surface area contributed by atoms with Gasteiger partial charge < -0.3 is 10.6 Å². The highest BCUT2D eigenvalue weighted by atomic mass is 16.2. The van der Waals surface area contributed by atoms with E-state index in [9.17, 15) is 10.1 Å². The fourth-order valence-corrected chi connectivity index (χ4v) is 2.88. The number of amides is 1. The Hall–Kier alpha value is -2.02. The molecule has 0 unspecified atom stereocenters. The molecule has 2 N–H and O–H groups in total. The average Bonchev–Trinajstić information content (AvgIpc) is 2.54. The minimum atomic E-state index is -0.844. The molecular formula is C19H27N3O. The Kier molecular flexibility index (Phi) is 5.30. The Bertz CT molecular complexity index is 618. The van der Waals surface area contributed by atoms with Crippen LogP contribution in [0.1, 0.15) is 51.7 Å². The highest BCUT2D eigenvalue weighted by Gasteiger charge is 2.31. The van der Waals surface area contributed by atoms with Gasteiger partial charge in [0.05, 0.1) is 6.07 Å². The number of hydrogen-bond donors (Lipinski definition) is 2. The molecule has 4 heteroatoms. The zero-order valence-corrected chi connectivity index (χ0v) is 14.6. The molecule has 0 aromatic heterocycles. The quantitative estimate of drug-likeness (QED) is 0.875. The molecule has 1 aliphatic carbocycles. The highest BCUT2D eigenvalue weighted by Crippen LogP contribution is 2.28. The number of carbonyl (C=O) groups excluding carboxylic acids is 1. The summed E-state index contributed by atoms with van der Waals surface area (Å²) >= 11 is 0. The molecule has 0 saturated heterocycles. The molecule has 124 valence electrons. The van der Waals surface area contributed by atoms with Crippen LogP contribution in [-0.2, 0) is 17.6 Å². The summed E-state index contributed by atoms with van der Waals surface area (Å²) in [5.41, 5.74) is 2.93. The fourth-order valence-electron chi connectivity index (χ4n) is 2.88. The number of carbonyl (C=O) groups is 1. The molecule has 0 heterocycles. The Morgan fingerprint density at radius 3 is 2.61 bits per heavy atom. The Balaban J connectivity index is 2.09. The lowest BCUT2D eigenvalue weighted by Gasteiger charge is -2.29. The average molecular weight is 313 g/mol. The van der Waals surface area contributed by atoms with Gasteiger partial charge in [-0.2, -0.15) is 5.26 Å². The molecule has 2 atom stereocenters. The van der Waals surface area contributed by atoms with Crippen molar-refractivity contribution in [2.45, 2.75) is 65.0 Å². The number of nitriles is 1. The third kappa shape index (κ3) is 3.85. The van der Waals surface area contributed by atoms with Crippen LogP contribution in [-0.4, -0.2) is 17.5 Å². The molecule has 1 amide bonds. The largest absolute Gasteiger partial charge is 0.374 e. The van der Waals surface area contributed by atoms with E-state index < -0.39 is 5.54 Å². The van der Waals surface area contributed by atoms with Crippen LogP contribution in [0.15, 0.2) is 18.2 Å². The molecule has 1 aromatic carbocycles. The molecule has 0 radical (unpaired) electrons. The third-order valence-electron chi connectivity index (χ3n) is 4.93. The van der Waals surface area contributed by atoms with Crippen molar-refractivity contribution >= 4 is 11.6 Å². The normalized spacial score (nSPS) is 17.6. The van der Waals surface area contributed by atoms with E-state index in [4.69, 9.17) is 0 Å². The van der Waals surface area contributed by atoms with Crippen LogP contribution in [0.5, 0.6) is 0 Å². The number of hydrogen-bond acceptors (Lipinski definition) is 3. The summed E-state index contributed by atoms with van der Waals surface area (Å²) in [5.74, 6) is -0.0932. The molecule has 2 rings (SSSR count). The van der Waals surface area contributed by atoms with Gasteiger partial charge in [0.15, 0.2) is 0 Å². The Labute approximate surface area is 139 Å². The summed E-state index contributed by atoms with van der Waals surface area (Å²) < 4.78 is 0. The van der Waals surface area contributed by atoms with Crippen molar-refractivity contribution in [1.82, 2.24) is 5.32 Å². The molecule has 23 heavy (non-hydrogen) atoms. The SMILES string of the molecule is CC(C)[C@@](C)(C#N)NC(=O)[C@H](C)Nc1cccc2c1CCCC2. The first-order chi connectivity index (χ1) is 10.9. The lowest BCUT2D eigenvalue weighted by atomic mass is 9.89. The van der Waals surface area contributed by atoms with Crippen LogP contribution >= 0.6 is 0 Å². The Morgan fingerprint density at radius 2 is 1.96 bits per heavy atom. The standard InChI is InChI=1S/C19H27N3O/c1-13(2)19(4,12-20)22-18(23)14(3)21-17-11-7-9-15-8-5-6-10-16(15)17/h7,9,11,13-14,21H,5-6,8,10H2,1-4H3,(H,22,23)/t14-,19+/m0/s1. The van der Waals surface area contributed by atoms with Gasteiger partial charge in [0.2, 0.25) is 5.91 Å². The number of anilines is 1. The second-order valence-corrected chi connectivity index (χ2v) is 6.97. The minimum Gasteiger partial charge on any atom is -0.374 e. The first-order valence-electron chi connectivity index (χ1n) is 8.48. The summed E-state index contributed by atoms with van der Waals surface area (Å²) in [7, 11) is 0. The number of fused-ring (bicyclic) bond motifs is 1. The predicted molar refractivity (Wildman–Crippen MR) is 93.2 cm³/mol. The van der Waals surface area contributed by atoms with Crippen molar-refractivity contribution in [3.8, 4) is 6.07 Å². The van der Waals surface area contributed by atoms with Gasteiger partial charge in [-0.3, -0.25) is 4.79 Å². The van der Waals surface area contributed by atoms with Gasteiger partial charge in [-0.1, -0.05) is 26.0 Å². The van der Waals surface area contributed by atoms with E-state index >= 15 is 0 Å². The minimum absolute atomic E-state index is 0.0492. The molecule has 1 aromatic rings. The van der Waals surface area contributed by atoms with Crippen LogP contribution < -0.4 is 10.6 Å². The second kappa shape index (κ2) is 7.04. The number of aryl methyl sites for hydroxylation is 1. The van der Waals surface area contributed by atoms with Crippen molar-refractivity contribution in [2.75, 3.05) is 5.32 Å².